The van der Waals surface area contributed by atoms with Gasteiger partial charge in [0, 0.05) is 24.8 Å². The standard InChI is InChI=1S/C18H18F3N3O2S/c1-2-26-16(25)15-8-22-17(27-15)24-10-13-7-14(24)9-23(13)12-5-3-4-11(6-12)18(19,20)21/h3-6,8,13-14H,2,7,9-10H2,1H3/t13-,14-/m1/s1. The van der Waals surface area contributed by atoms with Crippen molar-refractivity contribution < 1.29 is 22.7 Å². The number of anilines is 2. The Kier molecular flexibility index (Phi) is 4.49. The van der Waals surface area contributed by atoms with Gasteiger partial charge < -0.3 is 14.5 Å². The predicted octanol–water partition coefficient (Wildman–Crippen LogP) is 3.81. The Bertz CT molecular complexity index is 854. The van der Waals surface area contributed by atoms with Gasteiger partial charge >= 0.3 is 12.1 Å². The lowest BCUT2D eigenvalue weighted by atomic mass is 10.1. The van der Waals surface area contributed by atoms with E-state index in [0.29, 0.717) is 30.3 Å². The average molecular weight is 397 g/mol. The zero-order valence-corrected chi connectivity index (χ0v) is 15.4. The molecule has 2 bridgehead atoms. The zero-order valence-electron chi connectivity index (χ0n) is 14.6. The minimum absolute atomic E-state index is 0.133. The van der Waals surface area contributed by atoms with E-state index in [9.17, 15) is 18.0 Å². The summed E-state index contributed by atoms with van der Waals surface area (Å²) in [6, 6.07) is 5.79. The third-order valence-electron chi connectivity index (χ3n) is 4.96. The summed E-state index contributed by atoms with van der Waals surface area (Å²) in [6.07, 6.45) is -1.95. The Morgan fingerprint density at radius 1 is 1.30 bits per heavy atom. The second-order valence-electron chi connectivity index (χ2n) is 6.62. The number of hydrogen-bond acceptors (Lipinski definition) is 6. The Balaban J connectivity index is 1.48. The molecule has 2 aliphatic heterocycles. The van der Waals surface area contributed by atoms with E-state index < -0.39 is 11.7 Å². The van der Waals surface area contributed by atoms with Crippen molar-refractivity contribution in [1.29, 1.82) is 0 Å². The molecule has 0 N–H and O–H groups in total. The van der Waals surface area contributed by atoms with Crippen molar-refractivity contribution in [2.45, 2.75) is 31.6 Å². The molecule has 9 heteroatoms. The average Bonchev–Trinajstić information content (AvgIpc) is 3.36. The zero-order chi connectivity index (χ0) is 19.2. The van der Waals surface area contributed by atoms with Crippen molar-refractivity contribution in [3.8, 4) is 0 Å². The van der Waals surface area contributed by atoms with Gasteiger partial charge in [0.1, 0.15) is 4.88 Å². The molecule has 0 aliphatic carbocycles. The third kappa shape index (κ3) is 3.36. The lowest BCUT2D eigenvalue weighted by Gasteiger charge is -2.35. The van der Waals surface area contributed by atoms with E-state index in [1.807, 2.05) is 4.90 Å². The van der Waals surface area contributed by atoms with Crippen LogP contribution in [0, 0.1) is 0 Å². The molecule has 0 saturated carbocycles. The van der Waals surface area contributed by atoms with E-state index in [2.05, 4.69) is 9.88 Å². The number of carbonyl (C=O) groups excluding carboxylic acids is 1. The maximum absolute atomic E-state index is 13.0. The first kappa shape index (κ1) is 18.1. The quantitative estimate of drug-likeness (QED) is 0.735. The number of rotatable bonds is 4. The number of esters is 1. The topological polar surface area (TPSA) is 45.7 Å². The van der Waals surface area contributed by atoms with Gasteiger partial charge in [-0.15, -0.1) is 0 Å². The highest BCUT2D eigenvalue weighted by Gasteiger charge is 2.45. The number of hydrogen-bond donors (Lipinski definition) is 0. The summed E-state index contributed by atoms with van der Waals surface area (Å²) in [5, 5.41) is 0.759. The maximum Gasteiger partial charge on any atom is 0.416 e. The number of aromatic nitrogens is 1. The second-order valence-corrected chi connectivity index (χ2v) is 7.63. The van der Waals surface area contributed by atoms with E-state index in [1.165, 1.54) is 29.7 Å². The molecule has 0 unspecified atom stereocenters. The SMILES string of the molecule is CCOC(=O)c1cnc(N2C[C@H]3C[C@@H]2CN3c2cccc(C(F)(F)F)c2)s1. The molecule has 27 heavy (non-hydrogen) atoms. The number of thiazole rings is 1. The number of nitrogens with zero attached hydrogens (tertiary/aromatic N) is 3. The summed E-state index contributed by atoms with van der Waals surface area (Å²) < 4.78 is 43.9. The van der Waals surface area contributed by atoms with Crippen LogP contribution in [0.3, 0.4) is 0 Å². The minimum Gasteiger partial charge on any atom is -0.462 e. The molecule has 2 aliphatic rings. The molecule has 3 heterocycles. The van der Waals surface area contributed by atoms with Gasteiger partial charge in [-0.1, -0.05) is 17.4 Å². The van der Waals surface area contributed by atoms with Crippen LogP contribution in [-0.2, 0) is 10.9 Å². The fourth-order valence-corrected chi connectivity index (χ4v) is 4.66. The summed E-state index contributed by atoms with van der Waals surface area (Å²) in [6.45, 7) is 3.38. The molecule has 4 rings (SSSR count). The molecule has 0 spiro atoms. The second kappa shape index (κ2) is 6.70. The first-order chi connectivity index (χ1) is 12.9. The molecule has 0 amide bonds. The van der Waals surface area contributed by atoms with E-state index in [-0.39, 0.29) is 18.1 Å². The van der Waals surface area contributed by atoms with E-state index in [4.69, 9.17) is 4.74 Å². The van der Waals surface area contributed by atoms with Gasteiger partial charge in [-0.25, -0.2) is 9.78 Å². The first-order valence-electron chi connectivity index (χ1n) is 8.70. The Morgan fingerprint density at radius 2 is 2.04 bits per heavy atom. The number of piperazine rings is 1. The van der Waals surface area contributed by atoms with Crippen LogP contribution < -0.4 is 9.80 Å². The number of benzene rings is 1. The molecule has 2 fully saturated rings. The van der Waals surface area contributed by atoms with Gasteiger partial charge in [0.05, 0.1) is 24.4 Å². The predicted molar refractivity (Wildman–Crippen MR) is 96.4 cm³/mol. The smallest absolute Gasteiger partial charge is 0.416 e. The Labute approximate surface area is 158 Å². The van der Waals surface area contributed by atoms with Gasteiger partial charge in [-0.3, -0.25) is 0 Å². The van der Waals surface area contributed by atoms with Crippen molar-refractivity contribution in [2.75, 3.05) is 29.5 Å². The molecule has 2 aromatic rings. The van der Waals surface area contributed by atoms with Gasteiger partial charge in [-0.2, -0.15) is 13.2 Å². The molecule has 2 atom stereocenters. The maximum atomic E-state index is 13.0. The van der Waals surface area contributed by atoms with Crippen LogP contribution >= 0.6 is 11.3 Å². The van der Waals surface area contributed by atoms with Crippen molar-refractivity contribution in [1.82, 2.24) is 4.98 Å². The van der Waals surface area contributed by atoms with Gasteiger partial charge in [0.2, 0.25) is 0 Å². The van der Waals surface area contributed by atoms with E-state index >= 15 is 0 Å². The molecular formula is C18H18F3N3O2S. The Morgan fingerprint density at radius 3 is 2.70 bits per heavy atom. The van der Waals surface area contributed by atoms with E-state index in [1.54, 1.807) is 13.0 Å². The van der Waals surface area contributed by atoms with Gasteiger partial charge in [0.15, 0.2) is 5.13 Å². The van der Waals surface area contributed by atoms with Crippen molar-refractivity contribution in [2.24, 2.45) is 0 Å². The van der Waals surface area contributed by atoms with Crippen LogP contribution in [0.2, 0.25) is 0 Å². The van der Waals surface area contributed by atoms with Crippen LogP contribution in [-0.4, -0.2) is 42.7 Å². The van der Waals surface area contributed by atoms with Crippen LogP contribution in [0.4, 0.5) is 24.0 Å². The first-order valence-corrected chi connectivity index (χ1v) is 9.52. The fourth-order valence-electron chi connectivity index (χ4n) is 3.77. The van der Waals surface area contributed by atoms with Crippen molar-refractivity contribution >= 4 is 28.1 Å². The molecular weight excluding hydrogens is 379 g/mol. The summed E-state index contributed by atoms with van der Waals surface area (Å²) in [5.41, 5.74) is -0.0260. The number of halogens is 3. The molecule has 5 nitrogen and oxygen atoms in total. The highest BCUT2D eigenvalue weighted by atomic mass is 32.1. The van der Waals surface area contributed by atoms with Crippen molar-refractivity contribution in [3.63, 3.8) is 0 Å². The molecule has 0 radical (unpaired) electrons. The van der Waals surface area contributed by atoms with E-state index in [0.717, 1.165) is 17.6 Å². The highest BCUT2D eigenvalue weighted by molar-refractivity contribution is 7.17. The van der Waals surface area contributed by atoms with Crippen LogP contribution in [0.15, 0.2) is 30.5 Å². The largest absolute Gasteiger partial charge is 0.462 e. The van der Waals surface area contributed by atoms with Crippen LogP contribution in [0.5, 0.6) is 0 Å². The summed E-state index contributed by atoms with van der Waals surface area (Å²) in [4.78, 5) is 20.8. The fraction of sp³-hybridized carbons (Fsp3) is 0.444. The summed E-state index contributed by atoms with van der Waals surface area (Å²) in [5.74, 6) is -0.379. The third-order valence-corrected chi connectivity index (χ3v) is 5.98. The monoisotopic (exact) mass is 397 g/mol. The number of fused-ring (bicyclic) bond motifs is 2. The summed E-state index contributed by atoms with van der Waals surface area (Å²) in [7, 11) is 0. The highest BCUT2D eigenvalue weighted by Crippen LogP contribution is 2.40. The van der Waals surface area contributed by atoms with Gasteiger partial charge in [0.25, 0.3) is 0 Å². The minimum atomic E-state index is -4.34. The number of carbonyl (C=O) groups is 1. The lowest BCUT2D eigenvalue weighted by Crippen LogP contribution is -2.46. The molecule has 1 aromatic carbocycles. The normalized spacial score (nSPS) is 21.8. The molecule has 144 valence electrons. The van der Waals surface area contributed by atoms with Crippen LogP contribution in [0.1, 0.15) is 28.6 Å². The van der Waals surface area contributed by atoms with Gasteiger partial charge in [-0.05, 0) is 31.5 Å². The summed E-state index contributed by atoms with van der Waals surface area (Å²) >= 11 is 1.29. The van der Waals surface area contributed by atoms with Crippen LogP contribution in [0.25, 0.3) is 0 Å². The molecule has 2 saturated heterocycles. The Hall–Kier alpha value is -2.29. The number of alkyl halides is 3. The molecule has 1 aromatic heterocycles. The number of ether oxygens (including phenoxy) is 1. The lowest BCUT2D eigenvalue weighted by molar-refractivity contribution is -0.137. The van der Waals surface area contributed by atoms with Crippen molar-refractivity contribution in [3.05, 3.63) is 40.9 Å².